The van der Waals surface area contributed by atoms with Crippen molar-refractivity contribution < 1.29 is 4.74 Å². The highest BCUT2D eigenvalue weighted by Crippen LogP contribution is 2.33. The van der Waals surface area contributed by atoms with Gasteiger partial charge in [0.1, 0.15) is 5.76 Å². The van der Waals surface area contributed by atoms with Crippen molar-refractivity contribution in [3.05, 3.63) is 24.0 Å². The highest BCUT2D eigenvalue weighted by molar-refractivity contribution is 5.24. The molecule has 0 bridgehead atoms. The molecule has 0 saturated carbocycles. The molecule has 0 aromatic carbocycles. The van der Waals surface area contributed by atoms with Crippen LogP contribution in [0.15, 0.2) is 24.0 Å². The van der Waals surface area contributed by atoms with Crippen molar-refractivity contribution in [1.29, 1.82) is 0 Å². The first-order valence-corrected chi connectivity index (χ1v) is 5.45. The Labute approximate surface area is 80.5 Å². The second-order valence-electron chi connectivity index (χ2n) is 4.02. The Bertz CT molecular complexity index is 227. The maximum atomic E-state index is 5.91. The van der Waals surface area contributed by atoms with Crippen molar-refractivity contribution >= 4 is 0 Å². The Morgan fingerprint density at radius 3 is 3.23 bits per heavy atom. The monoisotopic (exact) mass is 178 g/mol. The van der Waals surface area contributed by atoms with Crippen LogP contribution in [0.3, 0.4) is 0 Å². The van der Waals surface area contributed by atoms with Crippen LogP contribution in [0.2, 0.25) is 0 Å². The summed E-state index contributed by atoms with van der Waals surface area (Å²) in [6.45, 7) is 2.24. The summed E-state index contributed by atoms with van der Waals surface area (Å²) in [5, 5.41) is 0. The predicted octanol–water partition coefficient (Wildman–Crippen LogP) is 3.43. The first kappa shape index (κ1) is 8.86. The molecule has 2 atom stereocenters. The smallest absolute Gasteiger partial charge is 0.103 e. The van der Waals surface area contributed by atoms with Crippen molar-refractivity contribution in [1.82, 2.24) is 0 Å². The molecule has 72 valence electrons. The zero-order valence-corrected chi connectivity index (χ0v) is 8.33. The fraction of sp³-hybridized carbons (Fsp3) is 0.667. The van der Waals surface area contributed by atoms with Gasteiger partial charge in [-0.1, -0.05) is 31.9 Å². The lowest BCUT2D eigenvalue weighted by atomic mass is 9.95. The molecular weight excluding hydrogens is 160 g/mol. The fourth-order valence-corrected chi connectivity index (χ4v) is 2.12. The summed E-state index contributed by atoms with van der Waals surface area (Å²) in [6.07, 6.45) is 13.4. The van der Waals surface area contributed by atoms with E-state index in [1.807, 2.05) is 0 Å². The van der Waals surface area contributed by atoms with Crippen LogP contribution in [0.5, 0.6) is 0 Å². The Balaban J connectivity index is 1.84. The molecule has 2 unspecified atom stereocenters. The topological polar surface area (TPSA) is 9.23 Å². The first-order valence-electron chi connectivity index (χ1n) is 5.45. The number of hydrogen-bond donors (Lipinski definition) is 0. The number of fused-ring (bicyclic) bond motifs is 1. The Morgan fingerprint density at radius 1 is 1.46 bits per heavy atom. The number of rotatable bonds is 3. The number of allylic oxidation sites excluding steroid dienone is 3. The quantitative estimate of drug-likeness (QED) is 0.643. The zero-order valence-electron chi connectivity index (χ0n) is 8.33. The van der Waals surface area contributed by atoms with Crippen molar-refractivity contribution in [2.24, 2.45) is 5.92 Å². The van der Waals surface area contributed by atoms with E-state index in [-0.39, 0.29) is 0 Å². The van der Waals surface area contributed by atoms with Crippen molar-refractivity contribution in [3.63, 3.8) is 0 Å². The summed E-state index contributed by atoms with van der Waals surface area (Å²) in [5.74, 6) is 1.82. The Morgan fingerprint density at radius 2 is 2.38 bits per heavy atom. The molecular formula is C12H18O. The third-order valence-corrected chi connectivity index (χ3v) is 2.95. The average Bonchev–Trinajstić information content (AvgIpc) is 2.61. The van der Waals surface area contributed by atoms with E-state index in [9.17, 15) is 0 Å². The van der Waals surface area contributed by atoms with Gasteiger partial charge in [0.15, 0.2) is 0 Å². The molecule has 1 saturated heterocycles. The van der Waals surface area contributed by atoms with Gasteiger partial charge in [0.25, 0.3) is 0 Å². The van der Waals surface area contributed by atoms with Gasteiger partial charge in [-0.2, -0.15) is 0 Å². The van der Waals surface area contributed by atoms with E-state index >= 15 is 0 Å². The van der Waals surface area contributed by atoms with Gasteiger partial charge in [-0.25, -0.2) is 0 Å². The number of ether oxygens (including phenoxy) is 1. The SMILES string of the molecule is CCCCC1CCC2C=CC=C2O1. The van der Waals surface area contributed by atoms with E-state index in [4.69, 9.17) is 4.74 Å². The fourth-order valence-electron chi connectivity index (χ4n) is 2.12. The Hall–Kier alpha value is -0.720. The lowest BCUT2D eigenvalue weighted by molar-refractivity contribution is 0.0509. The zero-order chi connectivity index (χ0) is 9.10. The van der Waals surface area contributed by atoms with Crippen LogP contribution in [0, 0.1) is 5.92 Å². The summed E-state index contributed by atoms with van der Waals surface area (Å²) in [6, 6.07) is 0. The molecule has 0 aromatic rings. The molecule has 0 aromatic heterocycles. The van der Waals surface area contributed by atoms with E-state index < -0.39 is 0 Å². The molecule has 0 amide bonds. The molecule has 2 rings (SSSR count). The molecule has 0 radical (unpaired) electrons. The molecule has 1 fully saturated rings. The molecule has 1 aliphatic heterocycles. The lowest BCUT2D eigenvalue weighted by Gasteiger charge is -2.29. The normalized spacial score (nSPS) is 31.0. The van der Waals surface area contributed by atoms with Gasteiger partial charge in [0.2, 0.25) is 0 Å². The molecule has 13 heavy (non-hydrogen) atoms. The third kappa shape index (κ3) is 1.96. The van der Waals surface area contributed by atoms with Gasteiger partial charge in [0, 0.05) is 5.92 Å². The van der Waals surface area contributed by atoms with Crippen molar-refractivity contribution in [2.45, 2.75) is 45.1 Å². The Kier molecular flexibility index (Phi) is 2.72. The number of unbranched alkanes of at least 4 members (excludes halogenated alkanes) is 1. The summed E-state index contributed by atoms with van der Waals surface area (Å²) in [4.78, 5) is 0. The minimum absolute atomic E-state index is 0.502. The van der Waals surface area contributed by atoms with Crippen LogP contribution in [-0.2, 0) is 4.74 Å². The minimum Gasteiger partial charge on any atom is -0.494 e. The molecule has 1 heteroatoms. The van der Waals surface area contributed by atoms with Crippen LogP contribution in [0.25, 0.3) is 0 Å². The van der Waals surface area contributed by atoms with Gasteiger partial charge in [-0.05, 0) is 25.3 Å². The summed E-state index contributed by atoms with van der Waals surface area (Å²) >= 11 is 0. The van der Waals surface area contributed by atoms with E-state index in [1.165, 1.54) is 37.9 Å². The molecule has 1 nitrogen and oxygen atoms in total. The molecule has 0 spiro atoms. The maximum Gasteiger partial charge on any atom is 0.103 e. The predicted molar refractivity (Wildman–Crippen MR) is 54.3 cm³/mol. The van der Waals surface area contributed by atoms with Crippen LogP contribution in [0.4, 0.5) is 0 Å². The standard InChI is InChI=1S/C12H18O/c1-2-3-6-11-9-8-10-5-4-7-12(10)13-11/h4-5,7,10-11H,2-3,6,8-9H2,1H3. The highest BCUT2D eigenvalue weighted by atomic mass is 16.5. The third-order valence-electron chi connectivity index (χ3n) is 2.95. The van der Waals surface area contributed by atoms with E-state index in [1.54, 1.807) is 0 Å². The first-order chi connectivity index (χ1) is 6.40. The van der Waals surface area contributed by atoms with E-state index in [0.29, 0.717) is 12.0 Å². The van der Waals surface area contributed by atoms with Gasteiger partial charge in [0.05, 0.1) is 6.10 Å². The summed E-state index contributed by atoms with van der Waals surface area (Å²) in [7, 11) is 0. The van der Waals surface area contributed by atoms with Crippen molar-refractivity contribution in [3.8, 4) is 0 Å². The van der Waals surface area contributed by atoms with Gasteiger partial charge in [-0.3, -0.25) is 0 Å². The second kappa shape index (κ2) is 3.99. The van der Waals surface area contributed by atoms with Crippen molar-refractivity contribution in [2.75, 3.05) is 0 Å². The minimum atomic E-state index is 0.502. The van der Waals surface area contributed by atoms with Gasteiger partial charge < -0.3 is 4.74 Å². The summed E-state index contributed by atoms with van der Waals surface area (Å²) < 4.78 is 5.91. The molecule has 0 N–H and O–H groups in total. The average molecular weight is 178 g/mol. The van der Waals surface area contributed by atoms with Crippen LogP contribution in [-0.4, -0.2) is 6.10 Å². The molecule has 1 aliphatic carbocycles. The van der Waals surface area contributed by atoms with Crippen LogP contribution < -0.4 is 0 Å². The highest BCUT2D eigenvalue weighted by Gasteiger charge is 2.26. The maximum absolute atomic E-state index is 5.91. The number of hydrogen-bond acceptors (Lipinski definition) is 1. The summed E-state index contributed by atoms with van der Waals surface area (Å²) in [5.41, 5.74) is 0. The molecule has 2 aliphatic rings. The van der Waals surface area contributed by atoms with Crippen LogP contribution >= 0.6 is 0 Å². The molecule has 1 heterocycles. The van der Waals surface area contributed by atoms with Crippen LogP contribution in [0.1, 0.15) is 39.0 Å². The second-order valence-corrected chi connectivity index (χ2v) is 4.02. The largest absolute Gasteiger partial charge is 0.494 e. The van der Waals surface area contributed by atoms with Gasteiger partial charge >= 0.3 is 0 Å². The van der Waals surface area contributed by atoms with E-state index in [2.05, 4.69) is 25.2 Å². The lowest BCUT2D eigenvalue weighted by Crippen LogP contribution is -2.22. The van der Waals surface area contributed by atoms with Gasteiger partial charge in [-0.15, -0.1) is 0 Å². The van der Waals surface area contributed by atoms with E-state index in [0.717, 1.165) is 0 Å².